The van der Waals surface area contributed by atoms with Crippen molar-refractivity contribution in [2.75, 3.05) is 16.8 Å². The third-order valence-electron chi connectivity index (χ3n) is 4.91. The predicted octanol–water partition coefficient (Wildman–Crippen LogP) is 2.64. The van der Waals surface area contributed by atoms with Gasteiger partial charge in [0.05, 0.1) is 5.52 Å². The van der Waals surface area contributed by atoms with Gasteiger partial charge in [-0.15, -0.1) is 0 Å². The molecule has 0 saturated carbocycles. The number of nitrogens with zero attached hydrogens (tertiary/aromatic N) is 3. The molecule has 9 heteroatoms. The van der Waals surface area contributed by atoms with Crippen LogP contribution in [-0.4, -0.2) is 31.9 Å². The summed E-state index contributed by atoms with van der Waals surface area (Å²) >= 11 is 7.81. The average molecular weight is 400 g/mol. The van der Waals surface area contributed by atoms with Crippen LogP contribution in [-0.2, 0) is 5.66 Å². The lowest BCUT2D eigenvalue weighted by Gasteiger charge is -2.38. The van der Waals surface area contributed by atoms with E-state index in [2.05, 4.69) is 20.6 Å². The smallest absolute Gasteiger partial charge is 0.276 e. The van der Waals surface area contributed by atoms with Gasteiger partial charge in [0.2, 0.25) is 0 Å². The number of benzene rings is 1. The normalized spacial score (nSPS) is 16.9. The number of halogens is 1. The summed E-state index contributed by atoms with van der Waals surface area (Å²) < 4.78 is 1.60. The molecule has 1 amide bonds. The van der Waals surface area contributed by atoms with Gasteiger partial charge >= 0.3 is 0 Å². The first-order valence-corrected chi connectivity index (χ1v) is 9.86. The minimum absolute atomic E-state index is 0.198. The third kappa shape index (κ3) is 2.36. The Balaban J connectivity index is 1.67. The molecule has 2 aliphatic rings. The van der Waals surface area contributed by atoms with E-state index in [0.29, 0.717) is 33.7 Å². The van der Waals surface area contributed by atoms with Crippen molar-refractivity contribution in [2.45, 2.75) is 12.6 Å². The highest BCUT2D eigenvalue weighted by molar-refractivity contribution is 8.00. The summed E-state index contributed by atoms with van der Waals surface area (Å²) in [4.78, 5) is 34.1. The van der Waals surface area contributed by atoms with E-state index in [1.54, 1.807) is 40.6 Å². The molecule has 1 aromatic carbocycles. The Hall–Kier alpha value is -2.58. The van der Waals surface area contributed by atoms with Crippen molar-refractivity contribution in [2.24, 2.45) is 0 Å². The van der Waals surface area contributed by atoms with E-state index in [9.17, 15) is 9.59 Å². The van der Waals surface area contributed by atoms with E-state index in [1.807, 2.05) is 6.92 Å². The first kappa shape index (κ1) is 16.6. The minimum Gasteiger partial charge on any atom is -0.335 e. The number of aromatic nitrogens is 3. The topological polar surface area (TPSA) is 88.9 Å². The zero-order chi connectivity index (χ0) is 18.8. The number of carbonyl (C=O) groups is 1. The molecule has 2 aliphatic heterocycles. The van der Waals surface area contributed by atoms with Crippen LogP contribution in [0, 0.1) is 6.92 Å². The van der Waals surface area contributed by atoms with Gasteiger partial charge in [-0.25, -0.2) is 9.97 Å². The van der Waals surface area contributed by atoms with Gasteiger partial charge in [0, 0.05) is 21.9 Å². The molecule has 1 fully saturated rings. The van der Waals surface area contributed by atoms with Gasteiger partial charge in [-0.3, -0.25) is 14.2 Å². The van der Waals surface area contributed by atoms with Crippen LogP contribution in [0.15, 0.2) is 35.4 Å². The quantitative estimate of drug-likeness (QED) is 0.688. The number of carbonyl (C=O) groups excluding carboxylic acids is 1. The molecule has 4 heterocycles. The van der Waals surface area contributed by atoms with Gasteiger partial charge in [0.25, 0.3) is 11.5 Å². The number of nitrogens with one attached hydrogen (secondary N) is 2. The maximum absolute atomic E-state index is 13.2. The Bertz CT molecular complexity index is 1190. The molecule has 27 heavy (non-hydrogen) atoms. The second kappa shape index (κ2) is 5.71. The zero-order valence-corrected chi connectivity index (χ0v) is 15.8. The number of rotatable bonds is 2. The summed E-state index contributed by atoms with van der Waals surface area (Å²) in [5.41, 5.74) is 1.39. The second-order valence-corrected chi connectivity index (χ2v) is 8.14. The average Bonchev–Trinajstić information content (AvgIpc) is 2.94. The molecule has 5 rings (SSSR count). The van der Waals surface area contributed by atoms with Crippen molar-refractivity contribution in [3.8, 4) is 0 Å². The SMILES string of the molecule is Cc1cc(Nc2ncnc3ccc(Cl)cc23)c(=O)n2c1C(=O)NC21CSC1. The number of amides is 1. The van der Waals surface area contributed by atoms with Crippen molar-refractivity contribution < 1.29 is 4.79 Å². The summed E-state index contributed by atoms with van der Waals surface area (Å²) in [5, 5.41) is 7.38. The lowest BCUT2D eigenvalue weighted by molar-refractivity contribution is 0.0934. The second-order valence-electron chi connectivity index (χ2n) is 6.72. The number of aryl methyl sites for hydroxylation is 1. The van der Waals surface area contributed by atoms with Crippen LogP contribution < -0.4 is 16.2 Å². The van der Waals surface area contributed by atoms with Crippen molar-refractivity contribution in [1.82, 2.24) is 19.9 Å². The largest absolute Gasteiger partial charge is 0.335 e. The monoisotopic (exact) mass is 399 g/mol. The number of hydrogen-bond donors (Lipinski definition) is 2. The summed E-state index contributed by atoms with van der Waals surface area (Å²) in [6.45, 7) is 1.83. The Morgan fingerprint density at radius 3 is 2.81 bits per heavy atom. The van der Waals surface area contributed by atoms with Crippen molar-refractivity contribution in [3.05, 3.63) is 57.2 Å². The Kier molecular flexibility index (Phi) is 3.50. The maximum Gasteiger partial charge on any atom is 0.276 e. The van der Waals surface area contributed by atoms with Gasteiger partial charge < -0.3 is 10.6 Å². The lowest BCUT2D eigenvalue weighted by atomic mass is 10.1. The van der Waals surface area contributed by atoms with E-state index in [4.69, 9.17) is 11.6 Å². The van der Waals surface area contributed by atoms with Gasteiger partial charge in [-0.1, -0.05) is 11.6 Å². The fourth-order valence-electron chi connectivity index (χ4n) is 3.60. The molecule has 136 valence electrons. The van der Waals surface area contributed by atoms with Crippen LogP contribution in [0.4, 0.5) is 11.5 Å². The van der Waals surface area contributed by atoms with Gasteiger partial charge in [0.15, 0.2) is 0 Å². The van der Waals surface area contributed by atoms with Crippen LogP contribution in [0.2, 0.25) is 5.02 Å². The molecule has 2 N–H and O–H groups in total. The van der Waals surface area contributed by atoms with E-state index in [1.165, 1.54) is 6.33 Å². The predicted molar refractivity (Wildman–Crippen MR) is 106 cm³/mol. The molecule has 1 saturated heterocycles. The van der Waals surface area contributed by atoms with E-state index in [-0.39, 0.29) is 11.5 Å². The molecule has 0 unspecified atom stereocenters. The third-order valence-corrected chi connectivity index (χ3v) is 6.51. The first-order chi connectivity index (χ1) is 13.0. The van der Waals surface area contributed by atoms with Crippen LogP contribution in [0.1, 0.15) is 16.1 Å². The standard InChI is InChI=1S/C18H14ClN5O2S/c1-9-4-13(17(26)24-14(9)16(25)23-18(24)6-27-7-18)22-15-11-5-10(19)2-3-12(11)20-8-21-15/h2-5,8H,6-7H2,1H3,(H,23,25)(H,20,21,22). The molecule has 2 aromatic heterocycles. The minimum atomic E-state index is -0.617. The number of pyridine rings is 1. The Labute approximate surface area is 163 Å². The molecule has 0 radical (unpaired) electrons. The van der Waals surface area contributed by atoms with Crippen molar-refractivity contribution in [1.29, 1.82) is 0 Å². The Morgan fingerprint density at radius 2 is 2.07 bits per heavy atom. The van der Waals surface area contributed by atoms with E-state index >= 15 is 0 Å². The highest BCUT2D eigenvalue weighted by Crippen LogP contribution is 2.38. The fraction of sp³-hybridized carbons (Fsp3) is 0.222. The number of hydrogen-bond acceptors (Lipinski definition) is 6. The number of anilines is 2. The molecule has 3 aromatic rings. The van der Waals surface area contributed by atoms with E-state index < -0.39 is 5.66 Å². The molecule has 1 spiro atoms. The maximum atomic E-state index is 13.2. The van der Waals surface area contributed by atoms with Crippen molar-refractivity contribution >= 4 is 51.7 Å². The van der Waals surface area contributed by atoms with Crippen LogP contribution in [0.25, 0.3) is 10.9 Å². The zero-order valence-electron chi connectivity index (χ0n) is 14.2. The van der Waals surface area contributed by atoms with E-state index in [0.717, 1.165) is 16.5 Å². The molecular formula is C18H14ClN5O2S. The molecule has 7 nitrogen and oxygen atoms in total. The fourth-order valence-corrected chi connectivity index (χ4v) is 4.77. The van der Waals surface area contributed by atoms with Crippen molar-refractivity contribution in [3.63, 3.8) is 0 Å². The van der Waals surface area contributed by atoms with Crippen LogP contribution in [0.3, 0.4) is 0 Å². The molecule has 0 bridgehead atoms. The highest BCUT2D eigenvalue weighted by Gasteiger charge is 2.49. The van der Waals surface area contributed by atoms with Gasteiger partial charge in [0.1, 0.15) is 29.2 Å². The molecule has 0 aliphatic carbocycles. The lowest BCUT2D eigenvalue weighted by Crippen LogP contribution is -2.57. The number of thioether (sulfide) groups is 1. The summed E-state index contributed by atoms with van der Waals surface area (Å²) in [5.74, 6) is 1.66. The summed E-state index contributed by atoms with van der Waals surface area (Å²) in [7, 11) is 0. The summed E-state index contributed by atoms with van der Waals surface area (Å²) in [6.07, 6.45) is 1.44. The first-order valence-electron chi connectivity index (χ1n) is 8.33. The van der Waals surface area contributed by atoms with Crippen LogP contribution in [0.5, 0.6) is 0 Å². The number of fused-ring (bicyclic) bond motifs is 3. The molecular weight excluding hydrogens is 386 g/mol. The van der Waals surface area contributed by atoms with Gasteiger partial charge in [-0.2, -0.15) is 11.8 Å². The highest BCUT2D eigenvalue weighted by atomic mass is 35.5. The van der Waals surface area contributed by atoms with Crippen LogP contribution >= 0.6 is 23.4 Å². The summed E-state index contributed by atoms with van der Waals surface area (Å²) in [6, 6.07) is 7.00. The Morgan fingerprint density at radius 1 is 1.26 bits per heavy atom. The molecule has 0 atom stereocenters. The van der Waals surface area contributed by atoms with Gasteiger partial charge in [-0.05, 0) is 36.8 Å².